The van der Waals surface area contributed by atoms with Gasteiger partial charge < -0.3 is 58.8 Å². The number of nitrogens with one attached hydrogen (secondary N) is 3. The number of likely N-dealkylation sites (N-methyl/N-ethyl adjacent to an activating group) is 1. The molecule has 3 aliphatic rings. The number of ketones is 1. The van der Waals surface area contributed by atoms with Crippen molar-refractivity contribution in [2.45, 2.75) is 116 Å². The number of phosphoric acid groups is 3. The Balaban J connectivity index is 0.806. The quantitative estimate of drug-likeness (QED) is 0.00315. The lowest BCUT2D eigenvalue weighted by Gasteiger charge is -2.25. The standard InChI is InChI=1S/C62H78N13O19P3/c1-8-73-49-25-23-41(2)32-47(49)61(4,5)53(73)21-10-9-11-22-54-62(6,7)48-33-42(3)24-26-50(48)74(54)29-15-19-45(76)18-14-28-67-58(78)43-16-12-20-46(34-43)89-39-56(70-72-65)88-31-30-87-38-55(77)66-27-13-17-44-36-75(60(63)69-59(44)79)57-35-51(90-40-68-71-64)52(92-57)37-91-96(83,84)94-97(85,86)93-95(80,81)82/h9-12,16,20-26,32-34,36,51-52,56-57H,8,14-15,18-19,27-31,35,37-40H2,1-7H3,(H7-,63,66,67,69,77,78,79,80,81,82,83,84,85,86)/p+2/t51?,52-,56?,57-/m1/s1. The number of rotatable bonds is 35. The number of hydrogen-bond acceptors (Lipinski definition) is 19. The van der Waals surface area contributed by atoms with Gasteiger partial charge in [-0.3, -0.25) is 24.6 Å². The molecular formula is C62H80N13O19P3+2. The highest BCUT2D eigenvalue weighted by molar-refractivity contribution is 7.66. The number of aromatic nitrogens is 2. The fourth-order valence-electron chi connectivity index (χ4n) is 11.1. The molecule has 6 atom stereocenters. The van der Waals surface area contributed by atoms with Crippen molar-refractivity contribution in [1.29, 1.82) is 0 Å². The molecule has 0 aliphatic carbocycles. The third-order valence-corrected chi connectivity index (χ3v) is 19.5. The average Bonchev–Trinajstić information content (AvgIpc) is 1.59. The van der Waals surface area contributed by atoms with E-state index in [4.69, 9.17) is 44.7 Å². The molecule has 4 aromatic rings. The van der Waals surface area contributed by atoms with Crippen LogP contribution in [-0.4, -0.2) is 137 Å². The smallest absolute Gasteiger partial charge is 0.490 e. The molecule has 9 N–H and O–H groups in total. The van der Waals surface area contributed by atoms with Gasteiger partial charge >= 0.3 is 35.0 Å². The number of fused-ring (bicyclic) bond motifs is 2. The van der Waals surface area contributed by atoms with Crippen LogP contribution in [0, 0.1) is 25.7 Å². The van der Waals surface area contributed by atoms with Gasteiger partial charge in [0.1, 0.15) is 49.7 Å². The SMILES string of the molecule is CCN1C(=CC=CC=CC2=[N+](CCCC(=O)CCCNC(=O)c3cccc(OCC(N=[N+]=[N-])OCCOCC(=O)NCC#Cc4c[n+]([C@H]5CC(OCN=[N+]=[N-])[C@@H](COP(=O)(O)OP(=O)(O)OP(=O)(O)O)O5)c(N)[nH]c4=O)c3)c3ccc(C)cc3C2(C)C)C(C)(C)c2cc(C)ccc21. The van der Waals surface area contributed by atoms with Crippen molar-refractivity contribution in [3.05, 3.63) is 168 Å². The summed E-state index contributed by atoms with van der Waals surface area (Å²) in [4.78, 5) is 98.8. The summed E-state index contributed by atoms with van der Waals surface area (Å²) in [6.45, 7) is 14.6. The molecule has 32 nitrogen and oxygen atoms in total. The zero-order chi connectivity index (χ0) is 70.7. The molecule has 0 bridgehead atoms. The molecule has 2 amide bonds. The molecule has 4 unspecified atom stereocenters. The number of benzene rings is 3. The zero-order valence-corrected chi connectivity index (χ0v) is 57.2. The van der Waals surface area contributed by atoms with Crippen LogP contribution in [0.25, 0.3) is 20.9 Å². The molecule has 97 heavy (non-hydrogen) atoms. The summed E-state index contributed by atoms with van der Waals surface area (Å²) in [5.74, 6) is 4.34. The van der Waals surface area contributed by atoms with Gasteiger partial charge in [0.25, 0.3) is 5.91 Å². The summed E-state index contributed by atoms with van der Waals surface area (Å²) >= 11 is 0. The lowest BCUT2D eigenvalue weighted by molar-refractivity contribution is -0.749. The number of Topliss-reactive ketones (excluding diaryl/α,β-unsaturated/α-hetero) is 1. The first-order valence-corrected chi connectivity index (χ1v) is 35.2. The molecule has 1 fully saturated rings. The zero-order valence-electron chi connectivity index (χ0n) is 54.5. The Labute approximate surface area is 559 Å². The number of aryl methyl sites for hydroxylation is 2. The Morgan fingerprint density at radius 1 is 0.928 bits per heavy atom. The van der Waals surface area contributed by atoms with Crippen LogP contribution in [0.4, 0.5) is 17.3 Å². The molecule has 3 aliphatic heterocycles. The first-order chi connectivity index (χ1) is 45.9. The van der Waals surface area contributed by atoms with Crippen molar-refractivity contribution in [2.24, 2.45) is 10.2 Å². The molecule has 520 valence electrons. The third kappa shape index (κ3) is 21.7. The number of azide groups is 2. The molecule has 1 saturated heterocycles. The number of nitrogens with two attached hydrogens (primary N) is 1. The maximum atomic E-state index is 13.2. The predicted molar refractivity (Wildman–Crippen MR) is 354 cm³/mol. The van der Waals surface area contributed by atoms with E-state index in [9.17, 15) is 48.2 Å². The molecule has 0 spiro atoms. The average molecular weight is 1400 g/mol. The highest BCUT2D eigenvalue weighted by Gasteiger charge is 2.46. The summed E-state index contributed by atoms with van der Waals surface area (Å²) in [5.41, 5.74) is 32.7. The van der Waals surface area contributed by atoms with Gasteiger partial charge in [0.2, 0.25) is 11.6 Å². The van der Waals surface area contributed by atoms with Gasteiger partial charge in [-0.15, -0.1) is 0 Å². The number of amides is 2. The van der Waals surface area contributed by atoms with Crippen LogP contribution in [0.5, 0.6) is 5.75 Å². The molecule has 35 heteroatoms. The Morgan fingerprint density at radius 2 is 1.67 bits per heavy atom. The number of carbonyl (C=O) groups is 3. The minimum atomic E-state index is -5.83. The van der Waals surface area contributed by atoms with E-state index < -0.39 is 79.5 Å². The number of hydrogen-bond donors (Lipinski definition) is 8. The van der Waals surface area contributed by atoms with Crippen molar-refractivity contribution in [3.63, 3.8) is 0 Å². The number of H-pyrrole nitrogens is 1. The maximum absolute atomic E-state index is 13.2. The minimum Gasteiger partial charge on any atom is -0.491 e. The highest BCUT2D eigenvalue weighted by atomic mass is 31.3. The fourth-order valence-corrected chi connectivity index (χ4v) is 14.2. The number of carbonyl (C=O) groups excluding carboxylic acids is 3. The van der Waals surface area contributed by atoms with Crippen LogP contribution in [-0.2, 0) is 66.2 Å². The van der Waals surface area contributed by atoms with Crippen LogP contribution in [0.1, 0.15) is 111 Å². The van der Waals surface area contributed by atoms with E-state index in [0.29, 0.717) is 37.8 Å². The van der Waals surface area contributed by atoms with Gasteiger partial charge in [0, 0.05) is 88.7 Å². The highest BCUT2D eigenvalue weighted by Crippen LogP contribution is 2.66. The molecule has 0 radical (unpaired) electrons. The topological polar surface area (TPSA) is 448 Å². The number of nitrogens with zero attached hydrogens (tertiary/aromatic N) is 9. The summed E-state index contributed by atoms with van der Waals surface area (Å²) < 4.78 is 78.8. The molecule has 7 rings (SSSR count). The van der Waals surface area contributed by atoms with Gasteiger partial charge in [0.05, 0.1) is 44.1 Å². The van der Waals surface area contributed by atoms with Gasteiger partial charge in [-0.05, 0) is 94.1 Å². The Morgan fingerprint density at radius 3 is 2.40 bits per heavy atom. The van der Waals surface area contributed by atoms with E-state index in [2.05, 4.69) is 185 Å². The second-order valence-corrected chi connectivity index (χ2v) is 27.9. The summed E-state index contributed by atoms with van der Waals surface area (Å²) in [5, 5.41) is 12.2. The van der Waals surface area contributed by atoms with Crippen molar-refractivity contribution in [3.8, 4) is 17.6 Å². The van der Waals surface area contributed by atoms with Gasteiger partial charge in [-0.1, -0.05) is 89.5 Å². The molecule has 0 saturated carbocycles. The molecule has 4 heterocycles. The Hall–Kier alpha value is -8.13. The van der Waals surface area contributed by atoms with E-state index in [1.54, 1.807) is 18.2 Å². The number of phosphoric ester groups is 1. The number of aromatic amines is 1. The maximum Gasteiger partial charge on any atom is 0.490 e. The molecular weight excluding hydrogens is 1320 g/mol. The van der Waals surface area contributed by atoms with Crippen molar-refractivity contribution >= 4 is 64.1 Å². The second kappa shape index (κ2) is 34.4. The summed E-state index contributed by atoms with van der Waals surface area (Å²) in [7, 11) is -17.1. The van der Waals surface area contributed by atoms with E-state index >= 15 is 0 Å². The van der Waals surface area contributed by atoms with Gasteiger partial charge in [0.15, 0.2) is 18.2 Å². The van der Waals surface area contributed by atoms with E-state index in [0.717, 1.165) is 17.9 Å². The van der Waals surface area contributed by atoms with Crippen molar-refractivity contribution < 1.29 is 93.6 Å². The lowest BCUT2D eigenvalue weighted by Crippen LogP contribution is -2.45. The van der Waals surface area contributed by atoms with E-state index in [1.165, 1.54) is 50.5 Å². The summed E-state index contributed by atoms with van der Waals surface area (Å²) in [6.07, 6.45) is 8.87. The summed E-state index contributed by atoms with van der Waals surface area (Å²) in [6, 6.07) is 19.6. The molecule has 3 aromatic carbocycles. The Kier molecular flexibility index (Phi) is 27.0. The normalized spacial score (nSPS) is 18.9. The number of ether oxygens (including phenoxy) is 5. The second-order valence-electron chi connectivity index (χ2n) is 23.5. The van der Waals surface area contributed by atoms with Crippen LogP contribution in [0.15, 0.2) is 118 Å². The number of allylic oxidation sites excluding steroid dienone is 6. The van der Waals surface area contributed by atoms with E-state index in [-0.39, 0.29) is 79.1 Å². The fraction of sp³-hybridized carbons (Fsp3) is 0.452. The monoisotopic (exact) mass is 1400 g/mol. The van der Waals surface area contributed by atoms with Crippen LogP contribution < -0.4 is 36.1 Å². The predicted octanol–water partition coefficient (Wildman–Crippen LogP) is 8.11. The number of anilines is 2. The van der Waals surface area contributed by atoms with Crippen LogP contribution in [0.2, 0.25) is 0 Å². The lowest BCUT2D eigenvalue weighted by atomic mass is 9.81. The first kappa shape index (κ1) is 76.2. The van der Waals surface area contributed by atoms with Crippen molar-refractivity contribution in [1.82, 2.24) is 15.6 Å². The minimum absolute atomic E-state index is 0.108. The van der Waals surface area contributed by atoms with E-state index in [1.807, 2.05) is 0 Å². The number of nitrogen functional groups attached to an aromatic ring is 1. The van der Waals surface area contributed by atoms with Crippen molar-refractivity contribution in [2.75, 3.05) is 76.6 Å². The van der Waals surface area contributed by atoms with Gasteiger partial charge in [-0.2, -0.15) is 13.2 Å². The van der Waals surface area contributed by atoms with Crippen LogP contribution in [0.3, 0.4) is 0 Å². The molecule has 1 aromatic heterocycles. The third-order valence-electron chi connectivity index (χ3n) is 15.7. The van der Waals surface area contributed by atoms with Crippen LogP contribution >= 0.6 is 23.5 Å². The first-order valence-electron chi connectivity index (χ1n) is 30.7. The Bertz CT molecular complexity index is 4070. The van der Waals surface area contributed by atoms with Gasteiger partial charge in [-0.25, -0.2) is 28.0 Å². The largest absolute Gasteiger partial charge is 0.491 e.